The lowest BCUT2D eigenvalue weighted by Crippen LogP contribution is -2.31. The number of methoxy groups -OCH3 is 1. The van der Waals surface area contributed by atoms with Gasteiger partial charge in [-0.1, -0.05) is 29.8 Å². The van der Waals surface area contributed by atoms with E-state index in [0.717, 1.165) is 10.5 Å². The summed E-state index contributed by atoms with van der Waals surface area (Å²) in [5.41, 5.74) is 1.39. The number of anilines is 1. The van der Waals surface area contributed by atoms with E-state index in [1.807, 2.05) is 0 Å². The fourth-order valence-corrected chi connectivity index (χ4v) is 3.09. The van der Waals surface area contributed by atoms with Crippen molar-refractivity contribution in [3.63, 3.8) is 0 Å². The van der Waals surface area contributed by atoms with E-state index in [1.54, 1.807) is 55.6 Å². The van der Waals surface area contributed by atoms with Gasteiger partial charge in [0.15, 0.2) is 0 Å². The number of halogens is 1. The summed E-state index contributed by atoms with van der Waals surface area (Å²) in [5, 5.41) is 5.88. The molecule has 0 spiro atoms. The van der Waals surface area contributed by atoms with Gasteiger partial charge in [0.2, 0.25) is 5.91 Å². The quantitative estimate of drug-likeness (QED) is 0.697. The molecule has 0 unspecified atom stereocenters. The van der Waals surface area contributed by atoms with E-state index in [0.29, 0.717) is 16.5 Å². The van der Waals surface area contributed by atoms with Crippen molar-refractivity contribution in [1.82, 2.24) is 10.2 Å². The summed E-state index contributed by atoms with van der Waals surface area (Å²) in [6, 6.07) is 12.8. The number of nitrogens with one attached hydrogen (secondary N) is 2. The van der Waals surface area contributed by atoms with Crippen molar-refractivity contribution in [1.29, 1.82) is 0 Å². The molecule has 1 heterocycles. The van der Waals surface area contributed by atoms with Crippen LogP contribution in [0.25, 0.3) is 0 Å². The van der Waals surface area contributed by atoms with Crippen molar-refractivity contribution < 1.29 is 19.1 Å². The van der Waals surface area contributed by atoms with Gasteiger partial charge in [-0.15, -0.1) is 0 Å². The minimum absolute atomic E-state index is 0.0968. The lowest BCUT2D eigenvalue weighted by molar-refractivity contribution is -0.128. The van der Waals surface area contributed by atoms with Gasteiger partial charge in [0, 0.05) is 17.1 Å². The zero-order valence-corrected chi connectivity index (χ0v) is 16.0. The summed E-state index contributed by atoms with van der Waals surface area (Å²) in [6.07, 6.45) is 0.315. The third-order valence-electron chi connectivity index (χ3n) is 4.38. The van der Waals surface area contributed by atoms with Crippen molar-refractivity contribution in [2.45, 2.75) is 25.4 Å². The molecule has 3 rings (SSSR count). The predicted molar refractivity (Wildman–Crippen MR) is 105 cm³/mol. The number of carbonyl (C=O) groups excluding carboxylic acids is 3. The first-order chi connectivity index (χ1) is 13.5. The second-order valence-electron chi connectivity index (χ2n) is 6.37. The van der Waals surface area contributed by atoms with Crippen molar-refractivity contribution >= 4 is 35.1 Å². The first kappa shape index (κ1) is 19.7. The second-order valence-corrected chi connectivity index (χ2v) is 6.81. The van der Waals surface area contributed by atoms with Crippen molar-refractivity contribution in [3.8, 4) is 5.75 Å². The van der Waals surface area contributed by atoms with Crippen LogP contribution in [0.4, 0.5) is 10.5 Å². The van der Waals surface area contributed by atoms with Gasteiger partial charge in [0.1, 0.15) is 11.8 Å². The van der Waals surface area contributed by atoms with Crippen molar-refractivity contribution in [2.75, 3.05) is 12.4 Å². The average Bonchev–Trinajstić information content (AvgIpc) is 2.94. The molecular weight excluding hydrogens is 382 g/mol. The zero-order valence-electron chi connectivity index (χ0n) is 15.3. The molecule has 1 fully saturated rings. The van der Waals surface area contributed by atoms with Gasteiger partial charge in [-0.3, -0.25) is 14.5 Å². The molecule has 0 bridgehead atoms. The summed E-state index contributed by atoms with van der Waals surface area (Å²) in [5.74, 6) is 0.110. The highest BCUT2D eigenvalue weighted by molar-refractivity contribution is 6.30. The molecule has 4 amide bonds. The van der Waals surface area contributed by atoms with E-state index >= 15 is 0 Å². The molecule has 1 atom stereocenters. The Morgan fingerprint density at radius 1 is 1.21 bits per heavy atom. The zero-order chi connectivity index (χ0) is 20.1. The number of urea groups is 1. The van der Waals surface area contributed by atoms with Crippen LogP contribution in [0.2, 0.25) is 5.02 Å². The van der Waals surface area contributed by atoms with E-state index in [9.17, 15) is 14.4 Å². The third kappa shape index (κ3) is 4.80. The largest absolute Gasteiger partial charge is 0.497 e. The normalized spacial score (nSPS) is 16.1. The average molecular weight is 402 g/mol. The van der Waals surface area contributed by atoms with E-state index in [1.165, 1.54) is 0 Å². The molecule has 2 aromatic rings. The van der Waals surface area contributed by atoms with Crippen LogP contribution < -0.4 is 15.4 Å². The first-order valence-electron chi connectivity index (χ1n) is 8.76. The highest BCUT2D eigenvalue weighted by Crippen LogP contribution is 2.19. The molecule has 146 valence electrons. The molecule has 2 aromatic carbocycles. The molecule has 0 aliphatic carbocycles. The number of hydrogen-bond donors (Lipinski definition) is 2. The Kier molecular flexibility index (Phi) is 6.16. The summed E-state index contributed by atoms with van der Waals surface area (Å²) in [4.78, 5) is 37.9. The number of rotatable bonds is 7. The fraction of sp³-hybridized carbons (Fsp3) is 0.250. The van der Waals surface area contributed by atoms with Gasteiger partial charge in [-0.05, 0) is 42.3 Å². The van der Waals surface area contributed by atoms with E-state index < -0.39 is 12.1 Å². The molecule has 2 N–H and O–H groups in total. The summed E-state index contributed by atoms with van der Waals surface area (Å²) >= 11 is 5.89. The van der Waals surface area contributed by atoms with Crippen LogP contribution in [0.5, 0.6) is 5.75 Å². The Hall–Kier alpha value is -3.06. The Balaban J connectivity index is 1.53. The lowest BCUT2D eigenvalue weighted by Gasteiger charge is -2.13. The van der Waals surface area contributed by atoms with Crippen LogP contribution in [0, 0.1) is 0 Å². The molecule has 28 heavy (non-hydrogen) atoms. The van der Waals surface area contributed by atoms with E-state index in [-0.39, 0.29) is 31.2 Å². The van der Waals surface area contributed by atoms with Gasteiger partial charge < -0.3 is 15.4 Å². The molecule has 1 aliphatic heterocycles. The maximum absolute atomic E-state index is 12.5. The van der Waals surface area contributed by atoms with E-state index in [4.69, 9.17) is 16.3 Å². The molecule has 1 saturated heterocycles. The minimum Gasteiger partial charge on any atom is -0.497 e. The van der Waals surface area contributed by atoms with Gasteiger partial charge >= 0.3 is 6.03 Å². The number of hydrogen-bond acceptors (Lipinski definition) is 4. The summed E-state index contributed by atoms with van der Waals surface area (Å²) < 4.78 is 5.10. The Morgan fingerprint density at radius 3 is 2.64 bits per heavy atom. The van der Waals surface area contributed by atoms with Crippen LogP contribution in [-0.4, -0.2) is 35.9 Å². The Morgan fingerprint density at radius 2 is 1.96 bits per heavy atom. The van der Waals surface area contributed by atoms with Crippen LogP contribution in [0.15, 0.2) is 48.5 Å². The van der Waals surface area contributed by atoms with Crippen LogP contribution >= 0.6 is 11.6 Å². The molecule has 8 heteroatoms. The van der Waals surface area contributed by atoms with Gasteiger partial charge in [0.25, 0.3) is 5.91 Å². The standard InChI is InChI=1S/C20H20ClN3O4/c1-28-16-7-5-13(6-8-16)12-24-19(26)17(23-20(24)27)9-10-18(25)22-15-4-2-3-14(21)11-15/h2-8,11,17H,9-10,12H2,1H3,(H,22,25)(H,23,27)/t17-/m1/s1. The third-order valence-corrected chi connectivity index (χ3v) is 4.61. The predicted octanol–water partition coefficient (Wildman–Crippen LogP) is 3.19. The maximum atomic E-state index is 12.5. The lowest BCUT2D eigenvalue weighted by atomic mass is 10.1. The van der Waals surface area contributed by atoms with Crippen LogP contribution in [0.3, 0.4) is 0 Å². The first-order valence-corrected chi connectivity index (χ1v) is 9.14. The van der Waals surface area contributed by atoms with Gasteiger partial charge in [0.05, 0.1) is 13.7 Å². The molecular formula is C20H20ClN3O4. The Labute approximate surface area is 167 Å². The minimum atomic E-state index is -0.712. The number of ether oxygens (including phenoxy) is 1. The number of imide groups is 1. The summed E-state index contributed by atoms with van der Waals surface area (Å²) in [7, 11) is 1.57. The highest BCUT2D eigenvalue weighted by Gasteiger charge is 2.37. The van der Waals surface area contributed by atoms with Crippen molar-refractivity contribution in [3.05, 3.63) is 59.1 Å². The number of carbonyl (C=O) groups is 3. The monoisotopic (exact) mass is 401 g/mol. The maximum Gasteiger partial charge on any atom is 0.325 e. The second kappa shape index (κ2) is 8.75. The highest BCUT2D eigenvalue weighted by atomic mass is 35.5. The molecule has 0 saturated carbocycles. The smallest absolute Gasteiger partial charge is 0.325 e. The summed E-state index contributed by atoms with van der Waals surface area (Å²) in [6.45, 7) is 0.167. The van der Waals surface area contributed by atoms with Crippen molar-refractivity contribution in [2.24, 2.45) is 0 Å². The molecule has 7 nitrogen and oxygen atoms in total. The van der Waals surface area contributed by atoms with Crippen LogP contribution in [-0.2, 0) is 16.1 Å². The fourth-order valence-electron chi connectivity index (χ4n) is 2.90. The van der Waals surface area contributed by atoms with E-state index in [2.05, 4.69) is 10.6 Å². The number of nitrogens with zero attached hydrogens (tertiary/aromatic N) is 1. The SMILES string of the molecule is COc1ccc(CN2C(=O)N[C@H](CCC(=O)Nc3cccc(Cl)c3)C2=O)cc1. The van der Waals surface area contributed by atoms with Crippen LogP contribution in [0.1, 0.15) is 18.4 Å². The Bertz CT molecular complexity index is 885. The van der Waals surface area contributed by atoms with Gasteiger partial charge in [-0.25, -0.2) is 4.79 Å². The molecule has 0 radical (unpaired) electrons. The molecule has 0 aromatic heterocycles. The van der Waals surface area contributed by atoms with Gasteiger partial charge in [-0.2, -0.15) is 0 Å². The number of benzene rings is 2. The topological polar surface area (TPSA) is 87.7 Å². The molecule has 1 aliphatic rings. The number of amides is 4.